The van der Waals surface area contributed by atoms with E-state index in [1.807, 2.05) is 13.8 Å². The van der Waals surface area contributed by atoms with Crippen LogP contribution in [0.1, 0.15) is 276 Å². The minimum Gasteiger partial charge on any atom is -0.409 e. The molecule has 2 fully saturated rings. The fraction of sp³-hybridized carbons (Fsp3) is 0.680. The van der Waals surface area contributed by atoms with Gasteiger partial charge >= 0.3 is 7.12 Å². The van der Waals surface area contributed by atoms with Gasteiger partial charge in [0.05, 0.1) is 29.0 Å². The molecule has 1 heterocycles. The largest absolute Gasteiger partial charge is 0.487 e. The molecule has 82 heavy (non-hydrogen) atoms. The van der Waals surface area contributed by atoms with E-state index in [0.717, 1.165) is 88.2 Å². The van der Waals surface area contributed by atoms with E-state index < -0.39 is 20.0 Å². The van der Waals surface area contributed by atoms with Gasteiger partial charge in [-0.05, 0) is 210 Å². The quantitative estimate of drug-likeness (QED) is 0.0353. The number of aliphatic hydroxyl groups is 2. The first kappa shape index (κ1) is 74.9. The number of hydrogen-bond donors (Lipinski definition) is 2. The van der Waals surface area contributed by atoms with E-state index in [2.05, 4.69) is 210 Å². The van der Waals surface area contributed by atoms with Crippen molar-refractivity contribution >= 4 is 26.6 Å². The molecule has 4 atom stereocenters. The third kappa shape index (κ3) is 26.6. The Morgan fingerprint density at radius 1 is 0.780 bits per heavy atom. The molecule has 2 N–H and O–H groups in total. The van der Waals surface area contributed by atoms with Crippen LogP contribution in [-0.4, -0.2) is 54.7 Å². The fourth-order valence-electron chi connectivity index (χ4n) is 11.9. The summed E-state index contributed by atoms with van der Waals surface area (Å²) in [6, 6.07) is 18.1. The monoisotopic (exact) mass is 1140 g/mol. The van der Waals surface area contributed by atoms with E-state index in [4.69, 9.17) is 20.2 Å². The van der Waals surface area contributed by atoms with Gasteiger partial charge < -0.3 is 23.9 Å². The Hall–Kier alpha value is -3.22. The van der Waals surface area contributed by atoms with Crippen molar-refractivity contribution in [3.63, 3.8) is 0 Å². The van der Waals surface area contributed by atoms with Crippen molar-refractivity contribution in [1.29, 1.82) is 0 Å². The van der Waals surface area contributed by atoms with Gasteiger partial charge in [0, 0.05) is 6.42 Å². The zero-order valence-corrected chi connectivity index (χ0v) is 57.7. The van der Waals surface area contributed by atoms with Gasteiger partial charge in [0.15, 0.2) is 0 Å². The standard InChI is InChI=1S/C29H44O2.C27H45BO2.C19H36OSi/c1-6-7-14-25(16-17-26-19-22(2)20-28(30)23(26)3)27-15-11-13-24(21-27)12-9-8-10-18-29(4,5)31;1-9-10-17-24(21-28-29-26(5,6)27(7,8)30-28)23-18-14-16-22(20-23)15-12-11-13-19-25(2,3)4;1-11-12-18(10)13-19(14(2)3)20-21(15(4)5,16(6)7)17(8)9/h11,13,15-17,21-22,28,30-31H,3,6-10,12,14,18-20H2,1-2,4-5H3;14,16,18,20-21H,9-13,15,17,19H2,1-8H3;1,15-19H,2,12-13H2,3-10H3/b25-16+,26-17-;24-21+;/t22-,28+;;18-,19+/m1.1/s1. The SMILES string of the molecule is C#CC[C@@H](C)C[C@H](O[Si](C(C)C)(C(C)C)C(C)C)C(=C)C.C=C1/C(=C\C=C(/CCCC)c2cccc(CCCCCC(C)(C)O)c2)C[C@@H](C)C[C@@H]1O.CCCC/C(=C\B1OC(C)(C)C(C)(C)O1)c1cccc(CCCCCC(C)(C)C)c1. The molecule has 0 unspecified atom stereocenters. The van der Waals surface area contributed by atoms with Gasteiger partial charge in [-0.1, -0.05) is 214 Å². The third-order valence-corrected chi connectivity index (χ3v) is 23.7. The maximum atomic E-state index is 10.3. The zero-order chi connectivity index (χ0) is 62.1. The number of unbranched alkanes of at least 4 members (excludes halogenated alkanes) is 6. The van der Waals surface area contributed by atoms with Crippen LogP contribution in [0.5, 0.6) is 0 Å². The summed E-state index contributed by atoms with van der Waals surface area (Å²) in [5.41, 5.74) is 12.5. The number of aryl methyl sites for hydroxylation is 2. The summed E-state index contributed by atoms with van der Waals surface area (Å²) >= 11 is 0. The predicted molar refractivity (Wildman–Crippen MR) is 364 cm³/mol. The first-order chi connectivity index (χ1) is 38.2. The number of aliphatic hydroxyl groups excluding tert-OH is 1. The highest BCUT2D eigenvalue weighted by Gasteiger charge is 2.50. The van der Waals surface area contributed by atoms with Gasteiger partial charge in [-0.3, -0.25) is 0 Å². The molecule has 1 saturated carbocycles. The second kappa shape index (κ2) is 36.1. The number of allylic oxidation sites excluding steroid dienone is 4. The van der Waals surface area contributed by atoms with Crippen LogP contribution < -0.4 is 0 Å². The second-order valence-corrected chi connectivity index (χ2v) is 34.3. The first-order valence-corrected chi connectivity index (χ1v) is 34.9. The van der Waals surface area contributed by atoms with E-state index in [0.29, 0.717) is 33.9 Å². The summed E-state index contributed by atoms with van der Waals surface area (Å²) in [4.78, 5) is 0. The van der Waals surface area contributed by atoms with E-state index in [9.17, 15) is 10.2 Å². The lowest BCUT2D eigenvalue weighted by molar-refractivity contribution is 0.00578. The maximum absolute atomic E-state index is 10.3. The minimum absolute atomic E-state index is 0.146. The van der Waals surface area contributed by atoms with Crippen LogP contribution in [0.4, 0.5) is 0 Å². The van der Waals surface area contributed by atoms with Crippen LogP contribution in [0, 0.1) is 29.6 Å². The molecule has 2 aliphatic rings. The molecule has 1 aliphatic carbocycles. The van der Waals surface area contributed by atoms with Gasteiger partial charge in [-0.15, -0.1) is 12.3 Å². The van der Waals surface area contributed by atoms with Gasteiger partial charge in [0.2, 0.25) is 8.32 Å². The summed E-state index contributed by atoms with van der Waals surface area (Å²) in [7, 11) is -2.13. The highest BCUT2D eigenvalue weighted by atomic mass is 28.4. The van der Waals surface area contributed by atoms with E-state index in [1.165, 1.54) is 90.3 Å². The van der Waals surface area contributed by atoms with Crippen LogP contribution in [-0.2, 0) is 26.6 Å². The normalized spacial score (nSPS) is 19.0. The molecule has 0 bridgehead atoms. The summed E-state index contributed by atoms with van der Waals surface area (Å²) in [6.07, 6.45) is 31.9. The Labute approximate surface area is 508 Å². The molecule has 0 amide bonds. The molecule has 1 aliphatic heterocycles. The van der Waals surface area contributed by atoms with Crippen molar-refractivity contribution in [3.8, 4) is 12.3 Å². The average Bonchev–Trinajstić information content (AvgIpc) is 3.50. The first-order valence-electron chi connectivity index (χ1n) is 32.7. The van der Waals surface area contributed by atoms with Crippen LogP contribution in [0.2, 0.25) is 16.6 Å². The topological polar surface area (TPSA) is 68.2 Å². The Morgan fingerprint density at radius 3 is 1.72 bits per heavy atom. The lowest BCUT2D eigenvalue weighted by Crippen LogP contribution is -2.50. The molecular formula is C75H125BO5Si. The van der Waals surface area contributed by atoms with Crippen molar-refractivity contribution < 1.29 is 23.9 Å². The lowest BCUT2D eigenvalue weighted by atomic mass is 9.81. The molecule has 0 radical (unpaired) electrons. The molecule has 1 saturated heterocycles. The highest BCUT2D eigenvalue weighted by Crippen LogP contribution is 2.45. The second-order valence-electron chi connectivity index (χ2n) is 28.9. The molecule has 0 spiro atoms. The highest BCUT2D eigenvalue weighted by molar-refractivity contribution is 6.77. The van der Waals surface area contributed by atoms with E-state index in [-0.39, 0.29) is 24.4 Å². The number of benzene rings is 2. The zero-order valence-electron chi connectivity index (χ0n) is 56.7. The van der Waals surface area contributed by atoms with Gasteiger partial charge in [-0.25, -0.2) is 0 Å². The van der Waals surface area contributed by atoms with Crippen molar-refractivity contribution in [1.82, 2.24) is 0 Å². The molecule has 2 aromatic rings. The fourth-order valence-corrected chi connectivity index (χ4v) is 17.5. The van der Waals surface area contributed by atoms with E-state index >= 15 is 0 Å². The Kier molecular flexibility index (Phi) is 32.9. The van der Waals surface area contributed by atoms with Crippen molar-refractivity contribution in [2.45, 2.75) is 313 Å². The van der Waals surface area contributed by atoms with Gasteiger partial charge in [0.25, 0.3) is 0 Å². The summed E-state index contributed by atoms with van der Waals surface area (Å²) in [6.45, 7) is 52.5. The van der Waals surface area contributed by atoms with Crippen molar-refractivity contribution in [3.05, 3.63) is 119 Å². The molecule has 7 heteroatoms. The summed E-state index contributed by atoms with van der Waals surface area (Å²) in [5.74, 6) is 5.97. The van der Waals surface area contributed by atoms with Crippen LogP contribution in [0.15, 0.2) is 96.5 Å². The summed E-state index contributed by atoms with van der Waals surface area (Å²) in [5, 5.41) is 20.1. The molecular weight excluding hydrogens is 1020 g/mol. The lowest BCUT2D eigenvalue weighted by Gasteiger charge is -2.45. The average molecular weight is 1150 g/mol. The molecule has 4 rings (SSSR count). The minimum atomic E-state index is -1.86. The van der Waals surface area contributed by atoms with Gasteiger partial charge in [-0.2, -0.15) is 0 Å². The van der Waals surface area contributed by atoms with E-state index in [1.54, 1.807) is 0 Å². The molecule has 0 aromatic heterocycles. The Bertz CT molecular complexity index is 2290. The maximum Gasteiger partial charge on any atom is 0.487 e. The van der Waals surface area contributed by atoms with Crippen LogP contribution in [0.25, 0.3) is 11.1 Å². The predicted octanol–water partition coefficient (Wildman–Crippen LogP) is 21.6. The third-order valence-electron chi connectivity index (χ3n) is 17.6. The number of rotatable bonds is 30. The molecule has 2 aromatic carbocycles. The number of hydrogen-bond acceptors (Lipinski definition) is 5. The Morgan fingerprint density at radius 2 is 1.27 bits per heavy atom. The number of terminal acetylenes is 1. The van der Waals surface area contributed by atoms with Crippen molar-refractivity contribution in [2.24, 2.45) is 17.3 Å². The van der Waals surface area contributed by atoms with Gasteiger partial charge in [0.1, 0.15) is 0 Å². The smallest absolute Gasteiger partial charge is 0.409 e. The molecule has 462 valence electrons. The van der Waals surface area contributed by atoms with Crippen LogP contribution in [0.3, 0.4) is 0 Å². The Balaban J connectivity index is 0.000000429. The van der Waals surface area contributed by atoms with Crippen LogP contribution >= 0.6 is 0 Å². The summed E-state index contributed by atoms with van der Waals surface area (Å²) < 4.78 is 19.4. The molecule has 5 nitrogen and oxygen atoms in total. The van der Waals surface area contributed by atoms with Crippen molar-refractivity contribution in [2.75, 3.05) is 0 Å².